The van der Waals surface area contributed by atoms with E-state index < -0.39 is 10.0 Å². The van der Waals surface area contributed by atoms with E-state index in [2.05, 4.69) is 0 Å². The molecule has 2 aromatic rings. The third-order valence-corrected chi connectivity index (χ3v) is 5.96. The molecule has 0 aliphatic rings. The van der Waals surface area contributed by atoms with Crippen LogP contribution in [0, 0.1) is 0 Å². The smallest absolute Gasteiger partial charge is 0.264 e. The van der Waals surface area contributed by atoms with Crippen LogP contribution in [0.1, 0.15) is 6.92 Å². The Morgan fingerprint density at radius 2 is 1.64 bits per heavy atom. The van der Waals surface area contributed by atoms with E-state index >= 15 is 0 Å². The van der Waals surface area contributed by atoms with Gasteiger partial charge in [0.25, 0.3) is 10.0 Å². The van der Waals surface area contributed by atoms with Crippen LogP contribution in [0.25, 0.3) is 0 Å². The SMILES string of the molecule is CCN(c1ccc(OC)cc1)S(=O)(=O)c1ccc(SC)cc1. The summed E-state index contributed by atoms with van der Waals surface area (Å²) in [6, 6.07) is 13.9. The molecule has 0 aliphatic heterocycles. The van der Waals surface area contributed by atoms with Crippen LogP contribution in [0.15, 0.2) is 58.3 Å². The number of ether oxygens (including phenoxy) is 1. The fourth-order valence-electron chi connectivity index (χ4n) is 2.11. The van der Waals surface area contributed by atoms with Crippen LogP contribution < -0.4 is 9.04 Å². The molecule has 0 unspecified atom stereocenters. The van der Waals surface area contributed by atoms with Crippen molar-refractivity contribution in [3.63, 3.8) is 0 Å². The minimum atomic E-state index is -3.57. The van der Waals surface area contributed by atoms with Crippen molar-refractivity contribution in [3.05, 3.63) is 48.5 Å². The number of anilines is 1. The van der Waals surface area contributed by atoms with Gasteiger partial charge >= 0.3 is 0 Å². The number of thioether (sulfide) groups is 1. The lowest BCUT2D eigenvalue weighted by atomic mass is 10.3. The van der Waals surface area contributed by atoms with E-state index in [1.165, 1.54) is 4.31 Å². The van der Waals surface area contributed by atoms with Gasteiger partial charge in [-0.2, -0.15) is 0 Å². The van der Waals surface area contributed by atoms with Crippen molar-refractivity contribution in [3.8, 4) is 5.75 Å². The lowest BCUT2D eigenvalue weighted by molar-refractivity contribution is 0.415. The molecule has 0 saturated carbocycles. The number of nitrogens with zero attached hydrogens (tertiary/aromatic N) is 1. The average molecular weight is 337 g/mol. The molecule has 22 heavy (non-hydrogen) atoms. The molecule has 0 atom stereocenters. The van der Waals surface area contributed by atoms with Crippen molar-refractivity contribution in [2.75, 3.05) is 24.2 Å². The maximum Gasteiger partial charge on any atom is 0.264 e. The third kappa shape index (κ3) is 3.39. The summed E-state index contributed by atoms with van der Waals surface area (Å²) in [5.74, 6) is 0.696. The summed E-state index contributed by atoms with van der Waals surface area (Å²) in [7, 11) is -1.99. The van der Waals surface area contributed by atoms with Crippen molar-refractivity contribution in [2.24, 2.45) is 0 Å². The van der Waals surface area contributed by atoms with Crippen LogP contribution in [0.2, 0.25) is 0 Å². The topological polar surface area (TPSA) is 46.6 Å². The molecular weight excluding hydrogens is 318 g/mol. The second-order valence-corrected chi connectivity index (χ2v) is 7.29. The predicted octanol–water partition coefficient (Wildman–Crippen LogP) is 3.63. The molecule has 4 nitrogen and oxygen atoms in total. The Morgan fingerprint density at radius 3 is 2.09 bits per heavy atom. The molecule has 2 aromatic carbocycles. The highest BCUT2D eigenvalue weighted by molar-refractivity contribution is 7.98. The van der Waals surface area contributed by atoms with E-state index in [1.807, 2.05) is 25.3 Å². The Bertz CT molecular complexity index is 710. The number of hydrogen-bond acceptors (Lipinski definition) is 4. The van der Waals surface area contributed by atoms with Gasteiger partial charge in [-0.15, -0.1) is 11.8 Å². The van der Waals surface area contributed by atoms with Crippen molar-refractivity contribution >= 4 is 27.5 Å². The van der Waals surface area contributed by atoms with Gasteiger partial charge in [-0.1, -0.05) is 0 Å². The quantitative estimate of drug-likeness (QED) is 0.755. The van der Waals surface area contributed by atoms with Crippen LogP contribution in [0.3, 0.4) is 0 Å². The second kappa shape index (κ2) is 7.07. The molecule has 0 radical (unpaired) electrons. The average Bonchev–Trinajstić information content (AvgIpc) is 2.56. The third-order valence-electron chi connectivity index (χ3n) is 3.30. The van der Waals surface area contributed by atoms with Gasteiger partial charge in [0.2, 0.25) is 0 Å². The van der Waals surface area contributed by atoms with Crippen molar-refractivity contribution in [1.82, 2.24) is 0 Å². The number of hydrogen-bond donors (Lipinski definition) is 0. The fourth-order valence-corrected chi connectivity index (χ4v) is 4.00. The molecule has 6 heteroatoms. The number of benzene rings is 2. The summed E-state index contributed by atoms with van der Waals surface area (Å²) in [5, 5.41) is 0. The van der Waals surface area contributed by atoms with Crippen LogP contribution in [-0.2, 0) is 10.0 Å². The molecule has 0 aromatic heterocycles. The Hall–Kier alpha value is -1.66. The first kappa shape index (κ1) is 16.7. The first-order valence-corrected chi connectivity index (χ1v) is 9.50. The molecule has 0 saturated heterocycles. The summed E-state index contributed by atoms with van der Waals surface area (Å²) in [6.45, 7) is 2.18. The summed E-state index contributed by atoms with van der Waals surface area (Å²) < 4.78 is 32.1. The zero-order valence-corrected chi connectivity index (χ0v) is 14.4. The molecule has 0 aliphatic carbocycles. The van der Waals surface area contributed by atoms with Crippen LogP contribution >= 0.6 is 11.8 Å². The zero-order chi connectivity index (χ0) is 16.2. The Balaban J connectivity index is 2.38. The number of rotatable bonds is 6. The van der Waals surface area contributed by atoms with Crippen LogP contribution in [-0.4, -0.2) is 28.3 Å². The van der Waals surface area contributed by atoms with Gasteiger partial charge in [0.05, 0.1) is 17.7 Å². The second-order valence-electron chi connectivity index (χ2n) is 4.54. The van der Waals surface area contributed by atoms with E-state index in [0.29, 0.717) is 22.9 Å². The molecular formula is C16H19NO3S2. The van der Waals surface area contributed by atoms with Gasteiger partial charge in [-0.3, -0.25) is 4.31 Å². The van der Waals surface area contributed by atoms with E-state index in [0.717, 1.165) is 4.90 Å². The highest BCUT2D eigenvalue weighted by Crippen LogP contribution is 2.26. The standard InChI is InChI=1S/C16H19NO3S2/c1-4-17(13-5-7-14(20-2)8-6-13)22(18,19)16-11-9-15(21-3)10-12-16/h5-12H,4H2,1-3H3. The molecule has 2 rings (SSSR count). The summed E-state index contributed by atoms with van der Waals surface area (Å²) in [6.07, 6.45) is 1.96. The van der Waals surface area contributed by atoms with E-state index in [1.54, 1.807) is 55.3 Å². The Morgan fingerprint density at radius 1 is 1.05 bits per heavy atom. The zero-order valence-electron chi connectivity index (χ0n) is 12.8. The van der Waals surface area contributed by atoms with Gasteiger partial charge in [-0.25, -0.2) is 8.42 Å². The first-order chi connectivity index (χ1) is 10.5. The Labute approximate surface area is 136 Å². The Kier molecular flexibility index (Phi) is 5.37. The molecule has 0 spiro atoms. The maximum atomic E-state index is 12.8. The van der Waals surface area contributed by atoms with Gasteiger partial charge in [-0.05, 0) is 61.7 Å². The van der Waals surface area contributed by atoms with Gasteiger partial charge in [0.1, 0.15) is 5.75 Å². The number of sulfonamides is 1. The molecule has 0 amide bonds. The number of methoxy groups -OCH3 is 1. The van der Waals surface area contributed by atoms with Crippen LogP contribution in [0.4, 0.5) is 5.69 Å². The van der Waals surface area contributed by atoms with Gasteiger partial charge in [0, 0.05) is 11.4 Å². The molecule has 0 bridgehead atoms. The lowest BCUT2D eigenvalue weighted by Gasteiger charge is -2.23. The first-order valence-electron chi connectivity index (χ1n) is 6.83. The van der Waals surface area contributed by atoms with Crippen molar-refractivity contribution in [1.29, 1.82) is 0 Å². The van der Waals surface area contributed by atoms with Crippen molar-refractivity contribution < 1.29 is 13.2 Å². The van der Waals surface area contributed by atoms with E-state index in [-0.39, 0.29) is 0 Å². The molecule has 0 N–H and O–H groups in total. The normalized spacial score (nSPS) is 11.2. The maximum absolute atomic E-state index is 12.8. The summed E-state index contributed by atoms with van der Waals surface area (Å²) in [4.78, 5) is 1.33. The van der Waals surface area contributed by atoms with Gasteiger partial charge in [0.15, 0.2) is 0 Å². The largest absolute Gasteiger partial charge is 0.497 e. The lowest BCUT2D eigenvalue weighted by Crippen LogP contribution is -2.30. The monoisotopic (exact) mass is 337 g/mol. The van der Waals surface area contributed by atoms with Crippen molar-refractivity contribution in [2.45, 2.75) is 16.7 Å². The highest BCUT2D eigenvalue weighted by Gasteiger charge is 2.23. The summed E-state index contributed by atoms with van der Waals surface area (Å²) in [5.41, 5.74) is 0.622. The van der Waals surface area contributed by atoms with Crippen LogP contribution in [0.5, 0.6) is 5.75 Å². The molecule has 0 fully saturated rings. The minimum absolute atomic E-state index is 0.294. The highest BCUT2D eigenvalue weighted by atomic mass is 32.2. The predicted molar refractivity (Wildman–Crippen MR) is 91.4 cm³/mol. The van der Waals surface area contributed by atoms with E-state index in [9.17, 15) is 8.42 Å². The van der Waals surface area contributed by atoms with E-state index in [4.69, 9.17) is 4.74 Å². The molecule has 118 valence electrons. The fraction of sp³-hybridized carbons (Fsp3) is 0.250. The molecule has 0 heterocycles. The minimum Gasteiger partial charge on any atom is -0.497 e. The summed E-state index contributed by atoms with van der Waals surface area (Å²) >= 11 is 1.58. The van der Waals surface area contributed by atoms with Gasteiger partial charge < -0.3 is 4.74 Å².